The van der Waals surface area contributed by atoms with E-state index in [0.29, 0.717) is 19.5 Å². The van der Waals surface area contributed by atoms with Crippen molar-refractivity contribution in [2.24, 2.45) is 5.73 Å². The van der Waals surface area contributed by atoms with E-state index in [1.54, 1.807) is 0 Å². The first-order valence-corrected chi connectivity index (χ1v) is 11.8. The molecule has 2 amide bonds. The molecular formula is C27H41N3O3. The van der Waals surface area contributed by atoms with Crippen LogP contribution in [0.1, 0.15) is 57.6 Å². The molecule has 0 bridgehead atoms. The maximum atomic E-state index is 11.7. The van der Waals surface area contributed by atoms with Crippen LogP contribution in [0.5, 0.6) is 0 Å². The van der Waals surface area contributed by atoms with Gasteiger partial charge in [0.15, 0.2) is 0 Å². The van der Waals surface area contributed by atoms with Gasteiger partial charge in [0.05, 0.1) is 0 Å². The van der Waals surface area contributed by atoms with E-state index in [2.05, 4.69) is 34.9 Å². The fourth-order valence-electron chi connectivity index (χ4n) is 2.98. The molecule has 2 aromatic rings. The lowest BCUT2D eigenvalue weighted by Gasteiger charge is -2.19. The van der Waals surface area contributed by atoms with Gasteiger partial charge in [-0.05, 0) is 64.1 Å². The van der Waals surface area contributed by atoms with Gasteiger partial charge in [0.25, 0.3) is 0 Å². The number of hydrogen-bond donors (Lipinski definition) is 3. The van der Waals surface area contributed by atoms with Crippen LogP contribution in [0.4, 0.5) is 4.79 Å². The summed E-state index contributed by atoms with van der Waals surface area (Å²) >= 11 is 0. The molecule has 0 aliphatic heterocycles. The fourth-order valence-corrected chi connectivity index (χ4v) is 2.98. The van der Waals surface area contributed by atoms with Gasteiger partial charge in [0.2, 0.25) is 5.91 Å². The largest absolute Gasteiger partial charge is 0.444 e. The predicted octanol–water partition coefficient (Wildman–Crippen LogP) is 4.62. The Morgan fingerprint density at radius 1 is 0.788 bits per heavy atom. The van der Waals surface area contributed by atoms with Crippen LogP contribution in [-0.4, -0.2) is 37.2 Å². The Hall–Kier alpha value is -2.86. The average Bonchev–Trinajstić information content (AvgIpc) is 2.77. The number of ether oxygens (including phenoxy) is 1. The molecule has 0 aliphatic carbocycles. The average molecular weight is 456 g/mol. The molecule has 0 aliphatic rings. The van der Waals surface area contributed by atoms with Crippen molar-refractivity contribution >= 4 is 12.0 Å². The highest BCUT2D eigenvalue weighted by Crippen LogP contribution is 2.06. The molecule has 6 nitrogen and oxygen atoms in total. The summed E-state index contributed by atoms with van der Waals surface area (Å²) in [7, 11) is 0. The second-order valence-corrected chi connectivity index (χ2v) is 8.85. The molecule has 182 valence electrons. The molecule has 6 heteroatoms. The van der Waals surface area contributed by atoms with Crippen molar-refractivity contribution in [3.8, 4) is 0 Å². The van der Waals surface area contributed by atoms with Crippen LogP contribution in [0.15, 0.2) is 60.7 Å². The first-order valence-electron chi connectivity index (χ1n) is 11.8. The summed E-state index contributed by atoms with van der Waals surface area (Å²) in [6.07, 6.45) is 4.56. The smallest absolute Gasteiger partial charge is 0.407 e. The van der Waals surface area contributed by atoms with E-state index >= 15 is 0 Å². The van der Waals surface area contributed by atoms with Gasteiger partial charge < -0.3 is 21.1 Å². The SMILES string of the molecule is CC(C)(C)OC(=O)NCCCCCC(=O)NCCc1ccccc1.NCCc1ccccc1. The van der Waals surface area contributed by atoms with Crippen molar-refractivity contribution in [3.05, 3.63) is 71.8 Å². The monoisotopic (exact) mass is 455 g/mol. The third-order valence-electron chi connectivity index (χ3n) is 4.60. The number of carbonyl (C=O) groups is 2. The Labute approximate surface area is 199 Å². The maximum Gasteiger partial charge on any atom is 0.407 e. The van der Waals surface area contributed by atoms with E-state index in [0.717, 1.165) is 38.6 Å². The van der Waals surface area contributed by atoms with E-state index in [1.165, 1.54) is 11.1 Å². The Kier molecular flexibility index (Phi) is 14.3. The van der Waals surface area contributed by atoms with Gasteiger partial charge >= 0.3 is 6.09 Å². The van der Waals surface area contributed by atoms with Crippen molar-refractivity contribution in [3.63, 3.8) is 0 Å². The second kappa shape index (κ2) is 16.7. The number of alkyl carbamates (subject to hydrolysis) is 1. The lowest BCUT2D eigenvalue weighted by atomic mass is 10.1. The lowest BCUT2D eigenvalue weighted by Crippen LogP contribution is -2.33. The lowest BCUT2D eigenvalue weighted by molar-refractivity contribution is -0.121. The molecule has 0 radical (unpaired) electrons. The molecular weight excluding hydrogens is 414 g/mol. The summed E-state index contributed by atoms with van der Waals surface area (Å²) in [6.45, 7) is 7.49. The van der Waals surface area contributed by atoms with E-state index < -0.39 is 5.60 Å². The first kappa shape index (κ1) is 28.2. The number of amides is 2. The third kappa shape index (κ3) is 16.4. The van der Waals surface area contributed by atoms with Gasteiger partial charge in [0, 0.05) is 19.5 Å². The minimum atomic E-state index is -0.470. The van der Waals surface area contributed by atoms with Gasteiger partial charge in [-0.3, -0.25) is 4.79 Å². The summed E-state index contributed by atoms with van der Waals surface area (Å²) in [4.78, 5) is 23.2. The number of hydrogen-bond acceptors (Lipinski definition) is 4. The minimum Gasteiger partial charge on any atom is -0.444 e. The van der Waals surface area contributed by atoms with Crippen LogP contribution in [0.25, 0.3) is 0 Å². The number of nitrogens with one attached hydrogen (secondary N) is 2. The van der Waals surface area contributed by atoms with E-state index in [4.69, 9.17) is 10.5 Å². The highest BCUT2D eigenvalue weighted by atomic mass is 16.6. The standard InChI is InChI=1S/C19H30N2O3.C8H11N/c1-19(2,3)24-18(23)21-14-9-5-8-12-17(22)20-15-13-16-10-6-4-7-11-16;9-7-6-8-4-2-1-3-5-8/h4,6-7,10-11H,5,8-9,12-15H2,1-3H3,(H,20,22)(H,21,23);1-5H,6-7,9H2. The number of benzene rings is 2. The summed E-state index contributed by atoms with van der Waals surface area (Å²) < 4.78 is 5.15. The highest BCUT2D eigenvalue weighted by molar-refractivity contribution is 5.75. The predicted molar refractivity (Wildman–Crippen MR) is 135 cm³/mol. The van der Waals surface area contributed by atoms with Crippen molar-refractivity contribution in [1.29, 1.82) is 0 Å². The molecule has 0 fully saturated rings. The number of rotatable bonds is 11. The number of unbranched alkanes of at least 4 members (excludes halogenated alkanes) is 2. The van der Waals surface area contributed by atoms with Crippen molar-refractivity contribution in [2.45, 2.75) is 64.9 Å². The summed E-state index contributed by atoms with van der Waals surface area (Å²) in [6, 6.07) is 20.4. The van der Waals surface area contributed by atoms with Crippen molar-refractivity contribution in [2.75, 3.05) is 19.6 Å². The molecule has 2 aromatic carbocycles. The van der Waals surface area contributed by atoms with Crippen LogP contribution in [-0.2, 0) is 22.4 Å². The number of carbonyl (C=O) groups excluding carboxylic acids is 2. The zero-order valence-corrected chi connectivity index (χ0v) is 20.4. The Balaban J connectivity index is 0.000000502. The first-order chi connectivity index (χ1) is 15.8. The van der Waals surface area contributed by atoms with Gasteiger partial charge in [-0.2, -0.15) is 0 Å². The topological polar surface area (TPSA) is 93.4 Å². The number of nitrogens with two attached hydrogens (primary N) is 1. The fraction of sp³-hybridized carbons (Fsp3) is 0.481. The van der Waals surface area contributed by atoms with E-state index in [9.17, 15) is 9.59 Å². The normalized spacial score (nSPS) is 10.5. The van der Waals surface area contributed by atoms with Gasteiger partial charge in [-0.15, -0.1) is 0 Å². The van der Waals surface area contributed by atoms with Gasteiger partial charge in [0.1, 0.15) is 5.60 Å². The van der Waals surface area contributed by atoms with Crippen LogP contribution in [0.3, 0.4) is 0 Å². The molecule has 0 atom stereocenters. The van der Waals surface area contributed by atoms with Crippen molar-refractivity contribution < 1.29 is 14.3 Å². The molecule has 4 N–H and O–H groups in total. The molecule has 0 unspecified atom stereocenters. The molecule has 2 rings (SSSR count). The molecule has 0 heterocycles. The molecule has 0 spiro atoms. The summed E-state index contributed by atoms with van der Waals surface area (Å²) in [5.41, 5.74) is 7.44. The van der Waals surface area contributed by atoms with Gasteiger partial charge in [-0.25, -0.2) is 4.79 Å². The van der Waals surface area contributed by atoms with Crippen LogP contribution >= 0.6 is 0 Å². The van der Waals surface area contributed by atoms with Crippen LogP contribution in [0, 0.1) is 0 Å². The minimum absolute atomic E-state index is 0.0889. The Morgan fingerprint density at radius 3 is 1.91 bits per heavy atom. The molecule has 0 saturated heterocycles. The Bertz CT molecular complexity index is 774. The summed E-state index contributed by atoms with van der Waals surface area (Å²) in [5, 5.41) is 5.66. The third-order valence-corrected chi connectivity index (χ3v) is 4.60. The Morgan fingerprint density at radius 2 is 1.36 bits per heavy atom. The quantitative estimate of drug-likeness (QED) is 0.431. The second-order valence-electron chi connectivity index (χ2n) is 8.85. The van der Waals surface area contributed by atoms with E-state index in [-0.39, 0.29) is 12.0 Å². The van der Waals surface area contributed by atoms with Crippen molar-refractivity contribution in [1.82, 2.24) is 10.6 Å². The zero-order chi connectivity index (χ0) is 24.4. The molecule has 33 heavy (non-hydrogen) atoms. The maximum absolute atomic E-state index is 11.7. The van der Waals surface area contributed by atoms with Crippen LogP contribution < -0.4 is 16.4 Å². The molecule has 0 saturated carbocycles. The molecule has 0 aromatic heterocycles. The van der Waals surface area contributed by atoms with E-state index in [1.807, 2.05) is 57.2 Å². The van der Waals surface area contributed by atoms with Crippen LogP contribution in [0.2, 0.25) is 0 Å². The zero-order valence-electron chi connectivity index (χ0n) is 20.4. The van der Waals surface area contributed by atoms with Gasteiger partial charge in [-0.1, -0.05) is 67.1 Å². The summed E-state index contributed by atoms with van der Waals surface area (Å²) in [5.74, 6) is 0.0889. The highest BCUT2D eigenvalue weighted by Gasteiger charge is 2.15.